The van der Waals surface area contributed by atoms with Crippen molar-refractivity contribution in [3.05, 3.63) is 35.2 Å². The molecule has 4 nitrogen and oxygen atoms in total. The van der Waals surface area contributed by atoms with E-state index in [9.17, 15) is 0 Å². The topological polar surface area (TPSA) is 42.2 Å². The monoisotopic (exact) mass is 305 g/mol. The Balaban J connectivity index is 1.69. The summed E-state index contributed by atoms with van der Waals surface area (Å²) in [5, 5.41) is 4.77. The molecule has 1 aliphatic heterocycles. The van der Waals surface area contributed by atoms with Gasteiger partial charge in [0.1, 0.15) is 0 Å². The molecule has 1 fully saturated rings. The van der Waals surface area contributed by atoms with Gasteiger partial charge in [-0.1, -0.05) is 30.6 Å². The van der Waals surface area contributed by atoms with Gasteiger partial charge in [0.15, 0.2) is 0 Å². The predicted molar refractivity (Wildman–Crippen MR) is 83.0 cm³/mol. The lowest BCUT2D eigenvalue weighted by Gasteiger charge is -2.33. The maximum absolute atomic E-state index is 5.89. The van der Waals surface area contributed by atoms with Gasteiger partial charge in [-0.2, -0.15) is 4.98 Å². The number of nitrogens with zero attached hydrogens (tertiary/aromatic N) is 3. The van der Waals surface area contributed by atoms with E-state index in [2.05, 4.69) is 28.9 Å². The largest absolute Gasteiger partial charge is 0.338 e. The van der Waals surface area contributed by atoms with Gasteiger partial charge in [-0.15, -0.1) is 0 Å². The zero-order chi connectivity index (χ0) is 14.8. The lowest BCUT2D eigenvalue weighted by molar-refractivity contribution is 0.121. The highest BCUT2D eigenvalue weighted by molar-refractivity contribution is 6.30. The first kappa shape index (κ1) is 14.5. The van der Waals surface area contributed by atoms with E-state index in [0.717, 1.165) is 37.0 Å². The molecule has 0 N–H and O–H groups in total. The standard InChI is InChI=1S/C16H20ClN3O/c1-11-7-12(2)9-20(8-11)10-15-18-16(19-21-15)13-3-5-14(17)6-4-13/h3-6,11-12H,7-10H2,1-2H3/t11-,12-/m1/s1. The predicted octanol–water partition coefficient (Wildman–Crippen LogP) is 3.87. The number of likely N-dealkylation sites (tertiary alicyclic amines) is 1. The molecule has 0 spiro atoms. The fraction of sp³-hybridized carbons (Fsp3) is 0.500. The first-order chi connectivity index (χ1) is 10.1. The summed E-state index contributed by atoms with van der Waals surface area (Å²) in [5.74, 6) is 2.76. The number of hydrogen-bond acceptors (Lipinski definition) is 4. The molecule has 0 unspecified atom stereocenters. The molecule has 112 valence electrons. The zero-order valence-corrected chi connectivity index (χ0v) is 13.2. The van der Waals surface area contributed by atoms with Crippen LogP contribution in [-0.4, -0.2) is 28.1 Å². The van der Waals surface area contributed by atoms with E-state index in [1.54, 1.807) is 0 Å². The quantitative estimate of drug-likeness (QED) is 0.863. The number of benzene rings is 1. The molecule has 0 saturated carbocycles. The van der Waals surface area contributed by atoms with Gasteiger partial charge in [0.05, 0.1) is 6.54 Å². The van der Waals surface area contributed by atoms with Crippen molar-refractivity contribution in [2.75, 3.05) is 13.1 Å². The summed E-state index contributed by atoms with van der Waals surface area (Å²) in [6, 6.07) is 7.48. The van der Waals surface area contributed by atoms with Gasteiger partial charge in [-0.3, -0.25) is 4.90 Å². The third kappa shape index (κ3) is 3.63. The smallest absolute Gasteiger partial charge is 0.241 e. The minimum atomic E-state index is 0.625. The van der Waals surface area contributed by atoms with Crippen LogP contribution in [0.3, 0.4) is 0 Å². The second-order valence-corrected chi connectivity index (χ2v) is 6.60. The second-order valence-electron chi connectivity index (χ2n) is 6.16. The van der Waals surface area contributed by atoms with E-state index in [-0.39, 0.29) is 0 Å². The molecule has 0 aliphatic carbocycles. The number of halogens is 1. The van der Waals surface area contributed by atoms with E-state index in [1.165, 1.54) is 6.42 Å². The van der Waals surface area contributed by atoms with Crippen molar-refractivity contribution >= 4 is 11.6 Å². The van der Waals surface area contributed by atoms with Crippen LogP contribution >= 0.6 is 11.6 Å². The van der Waals surface area contributed by atoms with Crippen LogP contribution in [0.15, 0.2) is 28.8 Å². The van der Waals surface area contributed by atoms with E-state index in [1.807, 2.05) is 24.3 Å². The van der Waals surface area contributed by atoms with Crippen molar-refractivity contribution in [1.82, 2.24) is 15.0 Å². The van der Waals surface area contributed by atoms with Crippen molar-refractivity contribution in [2.45, 2.75) is 26.8 Å². The van der Waals surface area contributed by atoms with Crippen molar-refractivity contribution < 1.29 is 4.52 Å². The number of piperidine rings is 1. The number of aromatic nitrogens is 2. The highest BCUT2D eigenvalue weighted by Gasteiger charge is 2.23. The fourth-order valence-corrected chi connectivity index (χ4v) is 3.27. The lowest BCUT2D eigenvalue weighted by atomic mass is 9.92. The molecule has 0 amide bonds. The molecule has 5 heteroatoms. The molecule has 0 bridgehead atoms. The Hall–Kier alpha value is -1.39. The molecular weight excluding hydrogens is 286 g/mol. The molecule has 1 aliphatic rings. The Kier molecular flexibility index (Phi) is 4.27. The lowest BCUT2D eigenvalue weighted by Crippen LogP contribution is -2.38. The maximum atomic E-state index is 5.89. The molecule has 2 aromatic rings. The summed E-state index contributed by atoms with van der Waals surface area (Å²) in [4.78, 5) is 6.89. The molecule has 2 atom stereocenters. The number of rotatable bonds is 3. The zero-order valence-electron chi connectivity index (χ0n) is 12.4. The second kappa shape index (κ2) is 6.16. The Morgan fingerprint density at radius 2 is 1.86 bits per heavy atom. The summed E-state index contributed by atoms with van der Waals surface area (Å²) in [5.41, 5.74) is 0.926. The van der Waals surface area contributed by atoms with Crippen LogP contribution in [0, 0.1) is 11.8 Å². The average molecular weight is 306 g/mol. The van der Waals surface area contributed by atoms with Gasteiger partial charge in [0.25, 0.3) is 0 Å². The van der Waals surface area contributed by atoms with Gasteiger partial charge in [-0.05, 0) is 42.5 Å². The first-order valence-corrected chi connectivity index (χ1v) is 7.79. The summed E-state index contributed by atoms with van der Waals surface area (Å²) in [6.07, 6.45) is 1.30. The molecule has 21 heavy (non-hydrogen) atoms. The van der Waals surface area contributed by atoms with Gasteiger partial charge in [0, 0.05) is 23.7 Å². The molecule has 0 radical (unpaired) electrons. The van der Waals surface area contributed by atoms with E-state index in [0.29, 0.717) is 16.7 Å². The normalized spacial score (nSPS) is 23.4. The van der Waals surface area contributed by atoms with Crippen molar-refractivity contribution in [1.29, 1.82) is 0 Å². The van der Waals surface area contributed by atoms with Crippen LogP contribution in [0.2, 0.25) is 5.02 Å². The third-order valence-corrected chi connectivity index (χ3v) is 4.13. The van der Waals surface area contributed by atoms with E-state index in [4.69, 9.17) is 16.1 Å². The van der Waals surface area contributed by atoms with Gasteiger partial charge < -0.3 is 4.52 Å². The fourth-order valence-electron chi connectivity index (χ4n) is 3.15. The van der Waals surface area contributed by atoms with Gasteiger partial charge in [-0.25, -0.2) is 0 Å². The molecular formula is C16H20ClN3O. The van der Waals surface area contributed by atoms with Crippen LogP contribution in [0.25, 0.3) is 11.4 Å². The summed E-state index contributed by atoms with van der Waals surface area (Å²) >= 11 is 5.89. The highest BCUT2D eigenvalue weighted by atomic mass is 35.5. The van der Waals surface area contributed by atoms with Gasteiger partial charge in [0.2, 0.25) is 11.7 Å². The molecule has 1 aromatic carbocycles. The molecule has 3 rings (SSSR count). The minimum Gasteiger partial charge on any atom is -0.338 e. The highest BCUT2D eigenvalue weighted by Crippen LogP contribution is 2.23. The van der Waals surface area contributed by atoms with Crippen molar-refractivity contribution in [2.24, 2.45) is 11.8 Å². The summed E-state index contributed by atoms with van der Waals surface area (Å²) < 4.78 is 5.39. The first-order valence-electron chi connectivity index (χ1n) is 7.41. The average Bonchev–Trinajstić information content (AvgIpc) is 2.87. The Labute approximate surface area is 130 Å². The van der Waals surface area contributed by atoms with Crippen LogP contribution in [0.5, 0.6) is 0 Å². The van der Waals surface area contributed by atoms with Crippen LogP contribution in [-0.2, 0) is 6.54 Å². The molecule has 1 saturated heterocycles. The van der Waals surface area contributed by atoms with Crippen LogP contribution in [0.1, 0.15) is 26.2 Å². The van der Waals surface area contributed by atoms with E-state index >= 15 is 0 Å². The summed E-state index contributed by atoms with van der Waals surface area (Å²) in [7, 11) is 0. The summed E-state index contributed by atoms with van der Waals surface area (Å²) in [6.45, 7) is 7.53. The van der Waals surface area contributed by atoms with Crippen LogP contribution in [0.4, 0.5) is 0 Å². The number of hydrogen-bond donors (Lipinski definition) is 0. The van der Waals surface area contributed by atoms with Crippen molar-refractivity contribution in [3.8, 4) is 11.4 Å². The maximum Gasteiger partial charge on any atom is 0.241 e. The van der Waals surface area contributed by atoms with Gasteiger partial charge >= 0.3 is 0 Å². The van der Waals surface area contributed by atoms with Crippen LogP contribution < -0.4 is 0 Å². The SMILES string of the molecule is C[C@@H]1C[C@@H](C)CN(Cc2nc(-c3ccc(Cl)cc3)no2)C1. The van der Waals surface area contributed by atoms with Crippen molar-refractivity contribution in [3.63, 3.8) is 0 Å². The Bertz CT molecular complexity index is 586. The third-order valence-electron chi connectivity index (χ3n) is 3.87. The Morgan fingerprint density at radius 1 is 1.19 bits per heavy atom. The van der Waals surface area contributed by atoms with E-state index < -0.39 is 0 Å². The molecule has 2 heterocycles. The Morgan fingerprint density at radius 3 is 2.52 bits per heavy atom. The minimum absolute atomic E-state index is 0.625. The molecule has 1 aromatic heterocycles.